The predicted molar refractivity (Wildman–Crippen MR) is 69.5 cm³/mol. The van der Waals surface area contributed by atoms with Gasteiger partial charge in [-0.1, -0.05) is 12.1 Å². The zero-order valence-electron chi connectivity index (χ0n) is 9.26. The van der Waals surface area contributed by atoms with E-state index in [1.807, 2.05) is 11.4 Å². The van der Waals surface area contributed by atoms with Gasteiger partial charge >= 0.3 is 0 Å². The lowest BCUT2D eigenvalue weighted by atomic mass is 10.3. The van der Waals surface area contributed by atoms with E-state index in [1.165, 1.54) is 17.4 Å². The molecule has 0 saturated heterocycles. The Morgan fingerprint density at radius 2 is 2.11 bits per heavy atom. The van der Waals surface area contributed by atoms with Crippen LogP contribution in [0.15, 0.2) is 52.7 Å². The first kappa shape index (κ1) is 11.0. The van der Waals surface area contributed by atoms with Crippen molar-refractivity contribution in [1.29, 1.82) is 0 Å². The Hall–Kier alpha value is -2.14. The minimum atomic E-state index is -0.294. The maximum Gasteiger partial charge on any atom is 0.187 e. The zero-order valence-corrected chi connectivity index (χ0v) is 10.1. The molecule has 90 valence electrons. The number of hydrogen-bond donors (Lipinski definition) is 1. The number of nitrogens with one attached hydrogen (secondary N) is 1. The molecule has 18 heavy (non-hydrogen) atoms. The lowest BCUT2D eigenvalue weighted by molar-refractivity contribution is 0.568. The van der Waals surface area contributed by atoms with Crippen LogP contribution in [0.2, 0.25) is 0 Å². The Morgan fingerprint density at radius 1 is 1.22 bits per heavy atom. The summed E-state index contributed by atoms with van der Waals surface area (Å²) < 4.78 is 18.5. The van der Waals surface area contributed by atoms with Crippen molar-refractivity contribution in [3.63, 3.8) is 0 Å². The third-order valence-electron chi connectivity index (χ3n) is 2.44. The van der Waals surface area contributed by atoms with Gasteiger partial charge in [-0.2, -0.15) is 0 Å². The maximum absolute atomic E-state index is 13.5. The molecule has 0 atom stereocenters. The number of nitrogens with zero attached hydrogens (tertiary/aromatic N) is 1. The highest BCUT2D eigenvalue weighted by Crippen LogP contribution is 2.27. The first-order valence-electron chi connectivity index (χ1n) is 5.32. The number of thiazole rings is 1. The third kappa shape index (κ3) is 2.12. The van der Waals surface area contributed by atoms with Gasteiger partial charge in [0.25, 0.3) is 0 Å². The van der Waals surface area contributed by atoms with Crippen LogP contribution in [-0.2, 0) is 0 Å². The first-order chi connectivity index (χ1) is 8.83. The fourth-order valence-electron chi connectivity index (χ4n) is 1.55. The fraction of sp³-hybridized carbons (Fsp3) is 0. The summed E-state index contributed by atoms with van der Waals surface area (Å²) >= 11 is 1.42. The molecular weight excluding hydrogens is 251 g/mol. The van der Waals surface area contributed by atoms with Gasteiger partial charge in [-0.15, -0.1) is 11.3 Å². The summed E-state index contributed by atoms with van der Waals surface area (Å²) in [6, 6.07) is 8.35. The minimum Gasteiger partial charge on any atom is -0.472 e. The molecule has 0 aliphatic carbocycles. The van der Waals surface area contributed by atoms with Crippen LogP contribution in [-0.4, -0.2) is 4.98 Å². The van der Waals surface area contributed by atoms with E-state index < -0.39 is 0 Å². The van der Waals surface area contributed by atoms with E-state index in [-0.39, 0.29) is 5.82 Å². The van der Waals surface area contributed by atoms with Gasteiger partial charge in [0.05, 0.1) is 23.9 Å². The number of furan rings is 1. The molecule has 0 bridgehead atoms. The molecule has 2 heterocycles. The highest BCUT2D eigenvalue weighted by molar-refractivity contribution is 7.14. The summed E-state index contributed by atoms with van der Waals surface area (Å²) in [6.45, 7) is 0. The number of halogens is 1. The average Bonchev–Trinajstić information content (AvgIpc) is 3.02. The van der Waals surface area contributed by atoms with Crippen molar-refractivity contribution in [2.75, 3.05) is 5.32 Å². The van der Waals surface area contributed by atoms with Crippen molar-refractivity contribution in [3.05, 3.63) is 54.1 Å². The van der Waals surface area contributed by atoms with E-state index in [0.29, 0.717) is 10.8 Å². The largest absolute Gasteiger partial charge is 0.472 e. The molecule has 2 aromatic heterocycles. The first-order valence-corrected chi connectivity index (χ1v) is 6.20. The second-order valence-corrected chi connectivity index (χ2v) is 4.51. The van der Waals surface area contributed by atoms with Crippen LogP contribution in [0.4, 0.5) is 15.2 Å². The Labute approximate surface area is 107 Å². The molecule has 0 fully saturated rings. The minimum absolute atomic E-state index is 0.294. The normalized spacial score (nSPS) is 10.5. The molecule has 0 unspecified atom stereocenters. The van der Waals surface area contributed by atoms with Gasteiger partial charge in [0.15, 0.2) is 5.13 Å². The van der Waals surface area contributed by atoms with Crippen molar-refractivity contribution in [2.45, 2.75) is 0 Å². The molecule has 5 heteroatoms. The van der Waals surface area contributed by atoms with E-state index in [0.717, 1.165) is 11.3 Å². The van der Waals surface area contributed by atoms with Gasteiger partial charge in [0.2, 0.25) is 0 Å². The van der Waals surface area contributed by atoms with Crippen molar-refractivity contribution < 1.29 is 8.81 Å². The lowest BCUT2D eigenvalue weighted by Crippen LogP contribution is -1.92. The van der Waals surface area contributed by atoms with Crippen LogP contribution in [0.5, 0.6) is 0 Å². The molecule has 0 aliphatic rings. The van der Waals surface area contributed by atoms with E-state index in [4.69, 9.17) is 4.42 Å². The number of para-hydroxylation sites is 1. The second kappa shape index (κ2) is 4.62. The van der Waals surface area contributed by atoms with E-state index in [2.05, 4.69) is 10.3 Å². The monoisotopic (exact) mass is 260 g/mol. The quantitative estimate of drug-likeness (QED) is 0.763. The number of benzene rings is 1. The molecule has 0 spiro atoms. The van der Waals surface area contributed by atoms with Crippen LogP contribution in [0.3, 0.4) is 0 Å². The van der Waals surface area contributed by atoms with Crippen LogP contribution in [0.1, 0.15) is 0 Å². The van der Waals surface area contributed by atoms with Crippen LogP contribution in [0.25, 0.3) is 11.3 Å². The predicted octanol–water partition coefficient (Wildman–Crippen LogP) is 4.29. The van der Waals surface area contributed by atoms with Gasteiger partial charge in [0, 0.05) is 10.9 Å². The van der Waals surface area contributed by atoms with E-state index >= 15 is 0 Å². The number of aromatic nitrogens is 1. The van der Waals surface area contributed by atoms with Gasteiger partial charge in [-0.25, -0.2) is 9.37 Å². The summed E-state index contributed by atoms with van der Waals surface area (Å²) in [6.07, 6.45) is 3.22. The SMILES string of the molecule is Fc1ccccc1Nc1nc(-c2ccoc2)cs1. The molecule has 3 nitrogen and oxygen atoms in total. The Kier molecular flexibility index (Phi) is 2.82. The van der Waals surface area contributed by atoms with Crippen LogP contribution < -0.4 is 5.32 Å². The van der Waals surface area contributed by atoms with Crippen molar-refractivity contribution >= 4 is 22.2 Å². The summed E-state index contributed by atoms with van der Waals surface area (Å²) in [7, 11) is 0. The Balaban J connectivity index is 1.85. The molecule has 3 aromatic rings. The number of rotatable bonds is 3. The van der Waals surface area contributed by atoms with E-state index in [9.17, 15) is 4.39 Å². The molecular formula is C13H9FN2OS. The van der Waals surface area contributed by atoms with Gasteiger partial charge in [-0.3, -0.25) is 0 Å². The van der Waals surface area contributed by atoms with Gasteiger partial charge in [0.1, 0.15) is 5.82 Å². The standard InChI is InChI=1S/C13H9FN2OS/c14-10-3-1-2-4-11(10)15-13-16-12(8-18-13)9-5-6-17-7-9/h1-8H,(H,15,16). The van der Waals surface area contributed by atoms with Gasteiger partial charge < -0.3 is 9.73 Å². The summed E-state index contributed by atoms with van der Waals surface area (Å²) in [5.41, 5.74) is 2.14. The highest BCUT2D eigenvalue weighted by atomic mass is 32.1. The Morgan fingerprint density at radius 3 is 2.89 bits per heavy atom. The summed E-state index contributed by atoms with van der Waals surface area (Å²) in [5, 5.41) is 5.50. The topological polar surface area (TPSA) is 38.1 Å². The molecule has 0 saturated carbocycles. The molecule has 0 aliphatic heterocycles. The molecule has 0 amide bonds. The molecule has 3 rings (SSSR count). The fourth-order valence-corrected chi connectivity index (χ4v) is 2.28. The zero-order chi connectivity index (χ0) is 12.4. The number of anilines is 2. The summed E-state index contributed by atoms with van der Waals surface area (Å²) in [4.78, 5) is 4.37. The van der Waals surface area contributed by atoms with Crippen molar-refractivity contribution in [2.24, 2.45) is 0 Å². The Bertz CT molecular complexity index is 649. The molecule has 0 radical (unpaired) electrons. The maximum atomic E-state index is 13.5. The van der Waals surface area contributed by atoms with Crippen LogP contribution in [0, 0.1) is 5.82 Å². The van der Waals surface area contributed by atoms with Crippen LogP contribution >= 0.6 is 11.3 Å². The third-order valence-corrected chi connectivity index (χ3v) is 3.19. The highest BCUT2D eigenvalue weighted by Gasteiger charge is 2.07. The smallest absolute Gasteiger partial charge is 0.187 e. The molecule has 1 N–H and O–H groups in total. The lowest BCUT2D eigenvalue weighted by Gasteiger charge is -2.02. The van der Waals surface area contributed by atoms with Crippen molar-refractivity contribution in [3.8, 4) is 11.3 Å². The van der Waals surface area contributed by atoms with E-state index in [1.54, 1.807) is 30.7 Å². The van der Waals surface area contributed by atoms with Crippen molar-refractivity contribution in [1.82, 2.24) is 4.98 Å². The second-order valence-electron chi connectivity index (χ2n) is 3.65. The average molecular weight is 260 g/mol. The van der Waals surface area contributed by atoms with Gasteiger partial charge in [-0.05, 0) is 18.2 Å². The summed E-state index contributed by atoms with van der Waals surface area (Å²) in [5.74, 6) is -0.294. The number of hydrogen-bond acceptors (Lipinski definition) is 4. The molecule has 1 aromatic carbocycles.